The minimum Gasteiger partial charge on any atom is -0.351 e. The van der Waals surface area contributed by atoms with Crippen LogP contribution in [-0.2, 0) is 6.42 Å². The van der Waals surface area contributed by atoms with E-state index in [1.165, 1.54) is 12.1 Å². The summed E-state index contributed by atoms with van der Waals surface area (Å²) in [5.74, 6) is 1.42. The second-order valence-corrected chi connectivity index (χ2v) is 9.00. The van der Waals surface area contributed by atoms with Gasteiger partial charge in [-0.05, 0) is 42.3 Å². The van der Waals surface area contributed by atoms with Crippen molar-refractivity contribution in [3.63, 3.8) is 0 Å². The van der Waals surface area contributed by atoms with E-state index in [0.29, 0.717) is 6.42 Å². The van der Waals surface area contributed by atoms with E-state index in [0.717, 1.165) is 71.4 Å². The maximum Gasteiger partial charge on any atom is 0.225 e. The zero-order valence-corrected chi connectivity index (χ0v) is 19.9. The summed E-state index contributed by atoms with van der Waals surface area (Å²) < 4.78 is 15.0. The number of hydrogen-bond donors (Lipinski definition) is 0. The lowest BCUT2D eigenvalue weighted by Gasteiger charge is -2.35. The Morgan fingerprint density at radius 1 is 0.778 bits per heavy atom. The number of hydrogen-bond acceptors (Lipinski definition) is 7. The highest BCUT2D eigenvalue weighted by atomic mass is 19.1. The van der Waals surface area contributed by atoms with Crippen LogP contribution < -0.4 is 9.80 Å². The van der Waals surface area contributed by atoms with Gasteiger partial charge in [0.25, 0.3) is 0 Å². The minimum absolute atomic E-state index is 0.229. The van der Waals surface area contributed by atoms with Crippen molar-refractivity contribution in [3.05, 3.63) is 96.2 Å². The molecule has 0 amide bonds. The molecule has 0 N–H and O–H groups in total. The zero-order chi connectivity index (χ0) is 24.5. The molecule has 5 aromatic rings. The van der Waals surface area contributed by atoms with Gasteiger partial charge in [-0.15, -0.1) is 0 Å². The molecule has 1 aromatic carbocycles. The second kappa shape index (κ2) is 9.33. The molecule has 1 saturated heterocycles. The zero-order valence-electron chi connectivity index (χ0n) is 19.9. The van der Waals surface area contributed by atoms with Crippen molar-refractivity contribution in [1.82, 2.24) is 29.5 Å². The first kappa shape index (κ1) is 22.1. The summed E-state index contributed by atoms with van der Waals surface area (Å²) in [7, 11) is 0. The van der Waals surface area contributed by atoms with E-state index < -0.39 is 0 Å². The van der Waals surface area contributed by atoms with Gasteiger partial charge in [-0.1, -0.05) is 18.2 Å². The molecule has 9 heteroatoms. The van der Waals surface area contributed by atoms with Gasteiger partial charge in [-0.25, -0.2) is 23.9 Å². The third-order valence-electron chi connectivity index (χ3n) is 6.51. The first-order chi connectivity index (χ1) is 17.6. The van der Waals surface area contributed by atoms with Crippen LogP contribution in [0.2, 0.25) is 0 Å². The molecule has 0 bridgehead atoms. The normalized spacial score (nSPS) is 13.9. The van der Waals surface area contributed by atoms with Gasteiger partial charge in [0.15, 0.2) is 5.82 Å². The van der Waals surface area contributed by atoms with Crippen LogP contribution in [-0.4, -0.2) is 55.7 Å². The molecule has 36 heavy (non-hydrogen) atoms. The summed E-state index contributed by atoms with van der Waals surface area (Å²) in [6, 6.07) is 12.7. The van der Waals surface area contributed by atoms with Gasteiger partial charge in [0, 0.05) is 74.2 Å². The predicted octanol–water partition coefficient (Wildman–Crippen LogP) is 3.95. The molecule has 0 unspecified atom stereocenters. The summed E-state index contributed by atoms with van der Waals surface area (Å²) >= 11 is 0. The van der Waals surface area contributed by atoms with E-state index in [4.69, 9.17) is 0 Å². The van der Waals surface area contributed by atoms with Crippen molar-refractivity contribution >= 4 is 17.3 Å². The van der Waals surface area contributed by atoms with Crippen molar-refractivity contribution in [2.75, 3.05) is 36.0 Å². The van der Waals surface area contributed by atoms with Gasteiger partial charge in [0.2, 0.25) is 5.95 Å². The molecular weight excluding hydrogens is 455 g/mol. The largest absolute Gasteiger partial charge is 0.351 e. The van der Waals surface area contributed by atoms with Crippen molar-refractivity contribution in [2.45, 2.75) is 13.3 Å². The highest BCUT2D eigenvalue weighted by Crippen LogP contribution is 2.27. The second-order valence-electron chi connectivity index (χ2n) is 9.00. The Hall–Kier alpha value is -4.40. The number of aromatic nitrogens is 6. The Morgan fingerprint density at radius 3 is 2.25 bits per heavy atom. The van der Waals surface area contributed by atoms with Crippen LogP contribution >= 0.6 is 0 Å². The molecule has 0 radical (unpaired) electrons. The molecule has 0 atom stereocenters. The molecule has 4 aromatic heterocycles. The fourth-order valence-corrected chi connectivity index (χ4v) is 4.52. The van der Waals surface area contributed by atoms with E-state index in [9.17, 15) is 4.39 Å². The maximum absolute atomic E-state index is 13.1. The Morgan fingerprint density at radius 2 is 1.53 bits per heavy atom. The molecule has 1 aliphatic rings. The Bertz CT molecular complexity index is 1470. The molecule has 0 aliphatic carbocycles. The van der Waals surface area contributed by atoms with Gasteiger partial charge in [0.1, 0.15) is 17.7 Å². The Kier molecular flexibility index (Phi) is 5.73. The Labute approximate surface area is 208 Å². The van der Waals surface area contributed by atoms with Crippen LogP contribution in [0.1, 0.15) is 16.8 Å². The van der Waals surface area contributed by atoms with Crippen LogP contribution in [0.15, 0.2) is 73.6 Å². The van der Waals surface area contributed by atoms with Crippen LogP contribution in [0, 0.1) is 12.7 Å². The van der Waals surface area contributed by atoms with Gasteiger partial charge in [-0.3, -0.25) is 4.98 Å². The van der Waals surface area contributed by atoms with E-state index in [1.54, 1.807) is 18.5 Å². The summed E-state index contributed by atoms with van der Waals surface area (Å²) in [5, 5.41) is 4.41. The number of anilines is 2. The number of fused-ring (bicyclic) bond motifs is 1. The molecule has 180 valence electrons. The number of pyridine rings is 1. The maximum atomic E-state index is 13.1. The van der Waals surface area contributed by atoms with Crippen molar-refractivity contribution in [2.24, 2.45) is 0 Å². The van der Waals surface area contributed by atoms with Crippen LogP contribution in [0.5, 0.6) is 0 Å². The summed E-state index contributed by atoms with van der Waals surface area (Å²) in [6.45, 7) is 5.18. The van der Waals surface area contributed by atoms with E-state index >= 15 is 0 Å². The number of nitrogens with zero attached hydrogens (tertiary/aromatic N) is 8. The third-order valence-corrected chi connectivity index (χ3v) is 6.51. The summed E-state index contributed by atoms with van der Waals surface area (Å²) in [5.41, 5.74) is 6.12. The Balaban J connectivity index is 1.14. The lowest BCUT2D eigenvalue weighted by Crippen LogP contribution is -2.47. The first-order valence-electron chi connectivity index (χ1n) is 11.9. The summed E-state index contributed by atoms with van der Waals surface area (Å²) in [4.78, 5) is 22.7. The number of halogens is 1. The van der Waals surface area contributed by atoms with Crippen molar-refractivity contribution < 1.29 is 4.39 Å². The van der Waals surface area contributed by atoms with Gasteiger partial charge in [0.05, 0.1) is 0 Å². The summed E-state index contributed by atoms with van der Waals surface area (Å²) in [6.07, 6.45) is 9.90. The lowest BCUT2D eigenvalue weighted by atomic mass is 10.1. The smallest absolute Gasteiger partial charge is 0.225 e. The fraction of sp³-hybridized carbons (Fsp3) is 0.222. The molecule has 8 nitrogen and oxygen atoms in total. The van der Waals surface area contributed by atoms with Crippen LogP contribution in [0.25, 0.3) is 16.6 Å². The van der Waals surface area contributed by atoms with Crippen LogP contribution in [0.3, 0.4) is 0 Å². The van der Waals surface area contributed by atoms with E-state index in [-0.39, 0.29) is 5.82 Å². The molecule has 1 aliphatic heterocycles. The van der Waals surface area contributed by atoms with Crippen molar-refractivity contribution in [3.8, 4) is 11.1 Å². The molecular formula is C27H25FN8. The SMILES string of the molecule is Cc1ccc(-c2cc3c(N4CCN(c5ncc(Cc6ccc(F)cc6)cn5)CC4)ncnn3c2)cn1. The molecule has 0 spiro atoms. The standard InChI is InChI=1S/C27H25FN8/c1-19-2-5-22(16-29-19)23-13-25-26(32-18-33-36(25)17-23)34-8-10-35(11-9-34)27-30-14-21(15-31-27)12-20-3-6-24(28)7-4-20/h2-7,13-18H,8-12H2,1H3. The number of benzene rings is 1. The minimum atomic E-state index is -0.229. The third kappa shape index (κ3) is 4.47. The topological polar surface area (TPSA) is 75.3 Å². The molecule has 5 heterocycles. The monoisotopic (exact) mass is 480 g/mol. The van der Waals surface area contributed by atoms with Crippen LogP contribution in [0.4, 0.5) is 16.2 Å². The highest BCUT2D eigenvalue weighted by Gasteiger charge is 2.22. The van der Waals surface area contributed by atoms with E-state index in [1.807, 2.05) is 42.3 Å². The van der Waals surface area contributed by atoms with Gasteiger partial charge < -0.3 is 9.80 Å². The highest BCUT2D eigenvalue weighted by molar-refractivity contribution is 5.77. The average Bonchev–Trinajstić information content (AvgIpc) is 3.36. The lowest BCUT2D eigenvalue weighted by molar-refractivity contribution is 0.627. The fourth-order valence-electron chi connectivity index (χ4n) is 4.52. The number of piperazine rings is 1. The van der Waals surface area contributed by atoms with Gasteiger partial charge >= 0.3 is 0 Å². The van der Waals surface area contributed by atoms with Crippen molar-refractivity contribution in [1.29, 1.82) is 0 Å². The first-order valence-corrected chi connectivity index (χ1v) is 11.9. The number of rotatable bonds is 5. The predicted molar refractivity (Wildman–Crippen MR) is 137 cm³/mol. The quantitative estimate of drug-likeness (QED) is 0.377. The number of aryl methyl sites for hydroxylation is 1. The molecule has 6 rings (SSSR count). The van der Waals surface area contributed by atoms with E-state index in [2.05, 4.69) is 47.0 Å². The van der Waals surface area contributed by atoms with Gasteiger partial charge in [-0.2, -0.15) is 5.10 Å². The average molecular weight is 481 g/mol. The molecule has 0 saturated carbocycles. The molecule has 1 fully saturated rings.